The lowest BCUT2D eigenvalue weighted by molar-refractivity contribution is -0.198. The highest BCUT2D eigenvalue weighted by molar-refractivity contribution is 6.58. The first kappa shape index (κ1) is 16.6. The lowest BCUT2D eigenvalue weighted by Crippen LogP contribution is -2.33. The molecule has 0 aliphatic carbocycles. The van der Waals surface area contributed by atoms with E-state index in [0.29, 0.717) is 18.8 Å². The van der Waals surface area contributed by atoms with E-state index >= 15 is 0 Å². The SMILES string of the molecule is C=C/C=C(\C=C)C1COC(c2ccc(B(O)O)c(F)c2)OC1. The van der Waals surface area contributed by atoms with E-state index in [4.69, 9.17) is 19.5 Å². The van der Waals surface area contributed by atoms with E-state index in [2.05, 4.69) is 13.2 Å². The van der Waals surface area contributed by atoms with Crippen LogP contribution in [-0.4, -0.2) is 30.4 Å². The van der Waals surface area contributed by atoms with Crippen molar-refractivity contribution in [2.45, 2.75) is 6.29 Å². The summed E-state index contributed by atoms with van der Waals surface area (Å²) in [7, 11) is -1.84. The van der Waals surface area contributed by atoms with Crippen LogP contribution in [0.1, 0.15) is 11.9 Å². The Bertz CT molecular complexity index is 578. The van der Waals surface area contributed by atoms with Gasteiger partial charge in [-0.2, -0.15) is 0 Å². The minimum Gasteiger partial charge on any atom is -0.423 e. The quantitative estimate of drug-likeness (QED) is 0.639. The van der Waals surface area contributed by atoms with Crippen LogP contribution in [0.4, 0.5) is 4.39 Å². The molecule has 0 aromatic heterocycles. The monoisotopic (exact) mass is 304 g/mol. The fourth-order valence-electron chi connectivity index (χ4n) is 2.29. The highest BCUT2D eigenvalue weighted by Crippen LogP contribution is 2.28. The molecule has 0 unspecified atom stereocenters. The molecule has 0 radical (unpaired) electrons. The fraction of sp³-hybridized carbons (Fsp3) is 0.250. The minimum atomic E-state index is -1.84. The molecule has 2 N–H and O–H groups in total. The molecular formula is C16H18BFO4. The van der Waals surface area contributed by atoms with Crippen molar-refractivity contribution in [2.75, 3.05) is 13.2 Å². The van der Waals surface area contributed by atoms with E-state index in [1.807, 2.05) is 6.08 Å². The average Bonchev–Trinajstić information content (AvgIpc) is 2.52. The van der Waals surface area contributed by atoms with Crippen molar-refractivity contribution in [3.05, 3.63) is 66.5 Å². The summed E-state index contributed by atoms with van der Waals surface area (Å²) in [5.41, 5.74) is 1.28. The first-order valence-corrected chi connectivity index (χ1v) is 6.90. The molecule has 6 heteroatoms. The first-order chi connectivity index (χ1) is 10.6. The summed E-state index contributed by atoms with van der Waals surface area (Å²) in [6, 6.07) is 4.05. The number of allylic oxidation sites excluding steroid dienone is 3. The zero-order chi connectivity index (χ0) is 16.1. The Hall–Kier alpha value is -1.73. The molecule has 0 saturated carbocycles. The maximum Gasteiger partial charge on any atom is 0.491 e. The van der Waals surface area contributed by atoms with E-state index in [-0.39, 0.29) is 11.4 Å². The highest BCUT2D eigenvalue weighted by Gasteiger charge is 2.26. The van der Waals surface area contributed by atoms with Crippen LogP contribution < -0.4 is 5.46 Å². The van der Waals surface area contributed by atoms with Gasteiger partial charge >= 0.3 is 7.12 Å². The number of halogens is 1. The average molecular weight is 304 g/mol. The minimum absolute atomic E-state index is 0.0511. The van der Waals surface area contributed by atoms with Crippen molar-refractivity contribution in [1.29, 1.82) is 0 Å². The number of ether oxygens (including phenoxy) is 2. The maximum absolute atomic E-state index is 13.8. The van der Waals surface area contributed by atoms with Crippen LogP contribution in [0.5, 0.6) is 0 Å². The van der Waals surface area contributed by atoms with Crippen molar-refractivity contribution in [3.8, 4) is 0 Å². The van der Waals surface area contributed by atoms with Crippen LogP contribution in [0.2, 0.25) is 0 Å². The molecule has 22 heavy (non-hydrogen) atoms. The second kappa shape index (κ2) is 7.51. The van der Waals surface area contributed by atoms with E-state index in [0.717, 1.165) is 5.57 Å². The molecule has 4 nitrogen and oxygen atoms in total. The van der Waals surface area contributed by atoms with Crippen LogP contribution in [-0.2, 0) is 9.47 Å². The van der Waals surface area contributed by atoms with Crippen molar-refractivity contribution in [1.82, 2.24) is 0 Å². The second-order valence-corrected chi connectivity index (χ2v) is 4.96. The summed E-state index contributed by atoms with van der Waals surface area (Å²) in [6.45, 7) is 8.23. The standard InChI is InChI=1S/C16H18BFO4/c1-3-5-11(4-2)13-9-21-16(22-10-13)12-6-7-14(17(19)20)15(18)8-12/h3-8,13,16,19-20H,1-2,9-10H2/b11-5+. The summed E-state index contributed by atoms with van der Waals surface area (Å²) in [4.78, 5) is 0. The van der Waals surface area contributed by atoms with Gasteiger partial charge in [-0.05, 0) is 11.6 Å². The number of benzene rings is 1. The number of hydrogen-bond acceptors (Lipinski definition) is 4. The van der Waals surface area contributed by atoms with Gasteiger partial charge in [-0.25, -0.2) is 4.39 Å². The summed E-state index contributed by atoms with van der Waals surface area (Å²) < 4.78 is 25.0. The molecular weight excluding hydrogens is 286 g/mol. The van der Waals surface area contributed by atoms with Crippen LogP contribution >= 0.6 is 0 Å². The van der Waals surface area contributed by atoms with Gasteiger partial charge in [-0.1, -0.05) is 43.5 Å². The van der Waals surface area contributed by atoms with Crippen molar-refractivity contribution in [2.24, 2.45) is 5.92 Å². The highest BCUT2D eigenvalue weighted by atomic mass is 19.1. The molecule has 0 bridgehead atoms. The Morgan fingerprint density at radius 3 is 2.45 bits per heavy atom. The Morgan fingerprint density at radius 1 is 1.27 bits per heavy atom. The smallest absolute Gasteiger partial charge is 0.423 e. The molecule has 1 aromatic carbocycles. The van der Waals surface area contributed by atoms with Gasteiger partial charge in [0.25, 0.3) is 0 Å². The van der Waals surface area contributed by atoms with Gasteiger partial charge in [0.05, 0.1) is 13.2 Å². The van der Waals surface area contributed by atoms with Crippen molar-refractivity contribution in [3.63, 3.8) is 0 Å². The maximum atomic E-state index is 13.8. The molecule has 1 aromatic rings. The van der Waals surface area contributed by atoms with E-state index in [1.165, 1.54) is 12.1 Å². The van der Waals surface area contributed by atoms with Gasteiger partial charge < -0.3 is 19.5 Å². The predicted octanol–water partition coefficient (Wildman–Crippen LogP) is 1.47. The molecule has 116 valence electrons. The molecule has 1 fully saturated rings. The molecule has 0 amide bonds. The molecule has 0 atom stereocenters. The lowest BCUT2D eigenvalue weighted by atomic mass is 9.79. The lowest BCUT2D eigenvalue weighted by Gasteiger charge is -2.30. The largest absolute Gasteiger partial charge is 0.491 e. The molecule has 1 saturated heterocycles. The summed E-state index contributed by atoms with van der Waals surface area (Å²) in [5, 5.41) is 18.0. The Labute approximate surface area is 129 Å². The summed E-state index contributed by atoms with van der Waals surface area (Å²) in [6.07, 6.45) is 4.58. The van der Waals surface area contributed by atoms with Gasteiger partial charge in [-0.3, -0.25) is 0 Å². The third-order valence-corrected chi connectivity index (χ3v) is 3.49. The summed E-state index contributed by atoms with van der Waals surface area (Å²) >= 11 is 0. The number of hydrogen-bond donors (Lipinski definition) is 2. The van der Waals surface area contributed by atoms with Crippen LogP contribution in [0, 0.1) is 11.7 Å². The second-order valence-electron chi connectivity index (χ2n) is 4.96. The van der Waals surface area contributed by atoms with E-state index in [9.17, 15) is 4.39 Å². The molecule has 1 aliphatic rings. The molecule has 1 heterocycles. The third-order valence-electron chi connectivity index (χ3n) is 3.49. The molecule has 1 aliphatic heterocycles. The van der Waals surface area contributed by atoms with Crippen LogP contribution in [0.3, 0.4) is 0 Å². The Kier molecular flexibility index (Phi) is 5.68. The van der Waals surface area contributed by atoms with Crippen molar-refractivity contribution < 1.29 is 23.9 Å². The first-order valence-electron chi connectivity index (χ1n) is 6.90. The zero-order valence-corrected chi connectivity index (χ0v) is 12.1. The van der Waals surface area contributed by atoms with Gasteiger partial charge in [-0.15, -0.1) is 0 Å². The van der Waals surface area contributed by atoms with Gasteiger partial charge in [0.2, 0.25) is 0 Å². The van der Waals surface area contributed by atoms with E-state index < -0.39 is 19.2 Å². The van der Waals surface area contributed by atoms with Crippen molar-refractivity contribution >= 4 is 12.6 Å². The molecule has 2 rings (SSSR count). The zero-order valence-electron chi connectivity index (χ0n) is 12.1. The normalized spacial score (nSPS) is 22.2. The van der Waals surface area contributed by atoms with Crippen LogP contribution in [0.25, 0.3) is 0 Å². The third kappa shape index (κ3) is 3.72. The topological polar surface area (TPSA) is 58.9 Å². The summed E-state index contributed by atoms with van der Waals surface area (Å²) in [5.74, 6) is -0.657. The fourth-order valence-corrected chi connectivity index (χ4v) is 2.29. The Morgan fingerprint density at radius 2 is 1.95 bits per heavy atom. The van der Waals surface area contributed by atoms with Gasteiger partial charge in [0.15, 0.2) is 6.29 Å². The van der Waals surface area contributed by atoms with Crippen LogP contribution in [0.15, 0.2) is 55.2 Å². The number of rotatable bonds is 5. The van der Waals surface area contributed by atoms with Gasteiger partial charge in [0, 0.05) is 16.9 Å². The Balaban J connectivity index is 2.06. The van der Waals surface area contributed by atoms with E-state index in [1.54, 1.807) is 18.2 Å². The predicted molar refractivity (Wildman–Crippen MR) is 82.8 cm³/mol. The van der Waals surface area contributed by atoms with Gasteiger partial charge in [0.1, 0.15) is 5.82 Å². The molecule has 0 spiro atoms.